The second kappa shape index (κ2) is 8.38. The van der Waals surface area contributed by atoms with Gasteiger partial charge in [-0.3, -0.25) is 4.79 Å². The Morgan fingerprint density at radius 3 is 2.52 bits per heavy atom. The smallest absolute Gasteiger partial charge is 0.220 e. The molecule has 0 aromatic carbocycles. The number of nitrogens with one attached hydrogen (secondary N) is 1. The normalized spacial score (nSPS) is 23.9. The van der Waals surface area contributed by atoms with Crippen molar-refractivity contribution in [1.29, 1.82) is 0 Å². The van der Waals surface area contributed by atoms with Crippen molar-refractivity contribution in [3.05, 3.63) is 0 Å². The van der Waals surface area contributed by atoms with Gasteiger partial charge in [0.05, 0.1) is 0 Å². The molecule has 0 radical (unpaired) electrons. The Morgan fingerprint density at radius 2 is 1.90 bits per heavy atom. The highest BCUT2D eigenvalue weighted by atomic mass is 35.5. The summed E-state index contributed by atoms with van der Waals surface area (Å²) in [5.41, 5.74) is 0.351. The van der Waals surface area contributed by atoms with Gasteiger partial charge < -0.3 is 10.2 Å². The minimum atomic E-state index is 0.185. The van der Waals surface area contributed by atoms with Crippen LogP contribution in [0, 0.1) is 11.3 Å². The lowest BCUT2D eigenvalue weighted by Crippen LogP contribution is -2.49. The Balaban J connectivity index is 1.93. The molecule has 1 aliphatic carbocycles. The van der Waals surface area contributed by atoms with Gasteiger partial charge in [0.15, 0.2) is 0 Å². The Labute approximate surface area is 134 Å². The minimum absolute atomic E-state index is 0.185. The number of likely N-dealkylation sites (tertiary alicyclic amines) is 1. The minimum Gasteiger partial charge on any atom is -0.356 e. The summed E-state index contributed by atoms with van der Waals surface area (Å²) >= 11 is 5.67. The zero-order valence-electron chi connectivity index (χ0n) is 13.5. The monoisotopic (exact) mass is 314 g/mol. The first-order valence-corrected chi connectivity index (χ1v) is 9.21. The number of rotatable bonds is 6. The van der Waals surface area contributed by atoms with Gasteiger partial charge >= 0.3 is 0 Å². The number of carbonyl (C=O) groups excluding carboxylic acids is 1. The van der Waals surface area contributed by atoms with Crippen LogP contribution in [0.1, 0.15) is 57.8 Å². The molecule has 0 bridgehead atoms. The molecular formula is C17H31ClN2O. The summed E-state index contributed by atoms with van der Waals surface area (Å²) in [4.78, 5) is 14.4. The van der Waals surface area contributed by atoms with Crippen LogP contribution in [0.5, 0.6) is 0 Å². The number of amides is 1. The molecule has 0 spiro atoms. The summed E-state index contributed by atoms with van der Waals surface area (Å²) < 4.78 is 0. The van der Waals surface area contributed by atoms with E-state index in [9.17, 15) is 4.79 Å². The van der Waals surface area contributed by atoms with Crippen molar-refractivity contribution >= 4 is 17.5 Å². The highest BCUT2D eigenvalue weighted by Gasteiger charge is 2.41. The van der Waals surface area contributed by atoms with Crippen LogP contribution in [0.25, 0.3) is 0 Å². The third kappa shape index (κ3) is 4.85. The van der Waals surface area contributed by atoms with E-state index in [0.29, 0.717) is 17.7 Å². The van der Waals surface area contributed by atoms with Crippen LogP contribution >= 0.6 is 11.6 Å². The Hall–Kier alpha value is -0.280. The quantitative estimate of drug-likeness (QED) is 0.762. The molecule has 1 saturated carbocycles. The van der Waals surface area contributed by atoms with E-state index in [4.69, 9.17) is 11.6 Å². The molecule has 0 aromatic rings. The standard InChI is InChI=1S/C17H31ClN2O/c1-20-12-9-17(10-13-20,15-6-3-2-4-7-15)14-19-16(21)8-5-11-18/h15H,2-14H2,1H3,(H,19,21). The first-order chi connectivity index (χ1) is 10.2. The SMILES string of the molecule is CN1CCC(CNC(=O)CCCCl)(C2CCCCC2)CC1. The van der Waals surface area contributed by atoms with Gasteiger partial charge in [-0.05, 0) is 63.6 Å². The molecule has 1 amide bonds. The van der Waals surface area contributed by atoms with Gasteiger partial charge in [-0.1, -0.05) is 19.3 Å². The zero-order valence-corrected chi connectivity index (χ0v) is 14.3. The zero-order chi connectivity index (χ0) is 15.1. The molecule has 3 nitrogen and oxygen atoms in total. The molecule has 2 aliphatic rings. The second-order valence-corrected chi connectivity index (χ2v) is 7.45. The maximum absolute atomic E-state index is 12.0. The third-order valence-corrected chi connectivity index (χ3v) is 5.90. The number of hydrogen-bond donors (Lipinski definition) is 1. The predicted molar refractivity (Wildman–Crippen MR) is 88.7 cm³/mol. The number of carbonyl (C=O) groups is 1. The fourth-order valence-electron chi connectivity index (χ4n) is 4.10. The lowest BCUT2D eigenvalue weighted by molar-refractivity contribution is -0.122. The average molecular weight is 315 g/mol. The highest BCUT2D eigenvalue weighted by molar-refractivity contribution is 6.17. The van der Waals surface area contributed by atoms with Gasteiger partial charge in [0, 0.05) is 18.8 Å². The molecule has 122 valence electrons. The molecule has 1 saturated heterocycles. The van der Waals surface area contributed by atoms with Gasteiger partial charge in [-0.25, -0.2) is 0 Å². The van der Waals surface area contributed by atoms with Gasteiger partial charge in [0.25, 0.3) is 0 Å². The number of piperidine rings is 1. The third-order valence-electron chi connectivity index (χ3n) is 5.63. The van der Waals surface area contributed by atoms with Crippen molar-refractivity contribution in [2.24, 2.45) is 11.3 Å². The maximum Gasteiger partial charge on any atom is 0.220 e. The van der Waals surface area contributed by atoms with E-state index in [2.05, 4.69) is 17.3 Å². The first-order valence-electron chi connectivity index (χ1n) is 8.67. The molecule has 21 heavy (non-hydrogen) atoms. The predicted octanol–water partition coefficient (Wildman–Crippen LogP) is 3.41. The van der Waals surface area contributed by atoms with Gasteiger partial charge in [-0.15, -0.1) is 11.6 Å². The number of hydrogen-bond acceptors (Lipinski definition) is 2. The van der Waals surface area contributed by atoms with E-state index in [-0.39, 0.29) is 5.91 Å². The summed E-state index contributed by atoms with van der Waals surface area (Å²) in [6, 6.07) is 0. The number of nitrogens with zero attached hydrogens (tertiary/aromatic N) is 1. The summed E-state index contributed by atoms with van der Waals surface area (Å²) in [5, 5.41) is 3.22. The molecule has 1 N–H and O–H groups in total. The van der Waals surface area contributed by atoms with Crippen molar-refractivity contribution in [1.82, 2.24) is 10.2 Å². The van der Waals surface area contributed by atoms with Gasteiger partial charge in [-0.2, -0.15) is 0 Å². The maximum atomic E-state index is 12.0. The van der Waals surface area contributed by atoms with E-state index < -0.39 is 0 Å². The fourth-order valence-corrected chi connectivity index (χ4v) is 4.23. The molecule has 1 heterocycles. The van der Waals surface area contributed by atoms with E-state index in [1.54, 1.807) is 0 Å². The number of alkyl halides is 1. The van der Waals surface area contributed by atoms with Crippen LogP contribution in [0.15, 0.2) is 0 Å². The van der Waals surface area contributed by atoms with Crippen molar-refractivity contribution < 1.29 is 4.79 Å². The summed E-state index contributed by atoms with van der Waals surface area (Å²) in [6.45, 7) is 3.23. The topological polar surface area (TPSA) is 32.3 Å². The molecule has 0 aromatic heterocycles. The Kier molecular flexibility index (Phi) is 6.81. The van der Waals surface area contributed by atoms with Gasteiger partial charge in [0.2, 0.25) is 5.91 Å². The first kappa shape index (κ1) is 17.1. The lowest BCUT2D eigenvalue weighted by atomic mass is 9.63. The Bertz CT molecular complexity index is 321. The van der Waals surface area contributed by atoms with E-state index in [1.807, 2.05) is 0 Å². The Morgan fingerprint density at radius 1 is 1.24 bits per heavy atom. The van der Waals surface area contributed by atoms with Gasteiger partial charge in [0.1, 0.15) is 0 Å². The van der Waals surface area contributed by atoms with Crippen LogP contribution < -0.4 is 5.32 Å². The lowest BCUT2D eigenvalue weighted by Gasteiger charge is -2.47. The molecule has 2 fully saturated rings. The van der Waals surface area contributed by atoms with E-state index >= 15 is 0 Å². The molecule has 2 rings (SSSR count). The average Bonchev–Trinajstić information content (AvgIpc) is 2.53. The van der Waals surface area contributed by atoms with E-state index in [0.717, 1.165) is 18.9 Å². The van der Waals surface area contributed by atoms with Crippen LogP contribution in [-0.2, 0) is 4.79 Å². The largest absolute Gasteiger partial charge is 0.356 e. The van der Waals surface area contributed by atoms with Crippen LogP contribution in [0.2, 0.25) is 0 Å². The van der Waals surface area contributed by atoms with Crippen molar-refractivity contribution in [2.75, 3.05) is 32.6 Å². The summed E-state index contributed by atoms with van der Waals surface area (Å²) in [5.74, 6) is 1.57. The summed E-state index contributed by atoms with van der Waals surface area (Å²) in [7, 11) is 2.21. The van der Waals surface area contributed by atoms with E-state index in [1.165, 1.54) is 58.0 Å². The highest BCUT2D eigenvalue weighted by Crippen LogP contribution is 2.45. The molecule has 1 aliphatic heterocycles. The molecular weight excluding hydrogens is 284 g/mol. The molecule has 0 unspecified atom stereocenters. The van der Waals surface area contributed by atoms with Crippen LogP contribution in [0.4, 0.5) is 0 Å². The van der Waals surface area contributed by atoms with Crippen LogP contribution in [0.3, 0.4) is 0 Å². The van der Waals surface area contributed by atoms with Crippen molar-refractivity contribution in [2.45, 2.75) is 57.8 Å². The van der Waals surface area contributed by atoms with Crippen molar-refractivity contribution in [3.8, 4) is 0 Å². The molecule has 4 heteroatoms. The van der Waals surface area contributed by atoms with Crippen LogP contribution in [-0.4, -0.2) is 43.4 Å². The van der Waals surface area contributed by atoms with Crippen molar-refractivity contribution in [3.63, 3.8) is 0 Å². The molecule has 0 atom stereocenters. The summed E-state index contributed by atoms with van der Waals surface area (Å²) in [6.07, 6.45) is 10.7. The number of halogens is 1. The second-order valence-electron chi connectivity index (χ2n) is 7.07. The fraction of sp³-hybridized carbons (Fsp3) is 0.941.